The highest BCUT2D eigenvalue weighted by Crippen LogP contribution is 2.40. The summed E-state index contributed by atoms with van der Waals surface area (Å²) in [7, 11) is -3.89. The molecule has 0 spiro atoms. The quantitative estimate of drug-likeness (QED) is 0.449. The minimum Gasteiger partial charge on any atom is -0.393 e. The molecule has 0 saturated carbocycles. The van der Waals surface area contributed by atoms with Crippen molar-refractivity contribution < 1.29 is 31.8 Å². The predicted octanol–water partition coefficient (Wildman–Crippen LogP) is 1.03. The number of nitrogens with two attached hydrogens (primary N) is 1. The van der Waals surface area contributed by atoms with E-state index in [1.807, 2.05) is 0 Å². The van der Waals surface area contributed by atoms with Crippen LogP contribution < -0.4 is 10.5 Å². The lowest BCUT2D eigenvalue weighted by Gasteiger charge is -2.36. The van der Waals surface area contributed by atoms with E-state index < -0.39 is 40.4 Å². The second-order valence-electron chi connectivity index (χ2n) is 6.89. The zero-order valence-electron chi connectivity index (χ0n) is 16.6. The molecule has 0 amide bonds. The van der Waals surface area contributed by atoms with Gasteiger partial charge in [-0.3, -0.25) is 4.99 Å². The maximum absolute atomic E-state index is 13.1. The third-order valence-corrected chi connectivity index (χ3v) is 6.16. The molecule has 0 aliphatic heterocycles. The Morgan fingerprint density at radius 3 is 2.61 bits per heavy atom. The first kappa shape index (κ1) is 24.8. The molecule has 0 bridgehead atoms. The van der Waals surface area contributed by atoms with Crippen LogP contribution in [0.3, 0.4) is 0 Å². The predicted molar refractivity (Wildman–Crippen MR) is 108 cm³/mol. The highest BCUT2D eigenvalue weighted by atomic mass is 32.2. The van der Waals surface area contributed by atoms with Crippen molar-refractivity contribution in [2.45, 2.75) is 42.5 Å². The number of rotatable bonds is 7. The lowest BCUT2D eigenvalue weighted by atomic mass is 9.80. The summed E-state index contributed by atoms with van der Waals surface area (Å²) in [4.78, 5) is 7.95. The van der Waals surface area contributed by atoms with Gasteiger partial charge >= 0.3 is 6.18 Å². The van der Waals surface area contributed by atoms with Crippen LogP contribution in [0, 0.1) is 17.8 Å². The molecule has 2 rings (SSSR count). The number of nitrogens with zero attached hydrogens (tertiary/aromatic N) is 2. The molecule has 1 aliphatic rings. The molecule has 1 aromatic heterocycles. The van der Waals surface area contributed by atoms with Gasteiger partial charge in [-0.15, -0.1) is 5.92 Å². The fourth-order valence-electron chi connectivity index (χ4n) is 2.95. The molecule has 1 aliphatic carbocycles. The minimum absolute atomic E-state index is 0.0894. The minimum atomic E-state index is -4.99. The molecule has 31 heavy (non-hydrogen) atoms. The molecular formula is C19H23F3N4O4S. The van der Waals surface area contributed by atoms with Crippen molar-refractivity contribution in [3.8, 4) is 11.8 Å². The van der Waals surface area contributed by atoms with Crippen molar-refractivity contribution in [3.05, 3.63) is 30.5 Å². The lowest BCUT2D eigenvalue weighted by molar-refractivity contribution is -0.285. The summed E-state index contributed by atoms with van der Waals surface area (Å²) in [5.41, 5.74) is 2.61. The second kappa shape index (κ2) is 9.78. The van der Waals surface area contributed by atoms with Crippen LogP contribution in [-0.4, -0.2) is 60.3 Å². The van der Waals surface area contributed by atoms with E-state index in [1.165, 1.54) is 18.2 Å². The lowest BCUT2D eigenvalue weighted by Crippen LogP contribution is -2.54. The van der Waals surface area contributed by atoms with Crippen molar-refractivity contribution in [1.82, 2.24) is 9.71 Å². The van der Waals surface area contributed by atoms with E-state index in [9.17, 15) is 26.7 Å². The second-order valence-corrected chi connectivity index (χ2v) is 8.65. The van der Waals surface area contributed by atoms with Crippen molar-refractivity contribution in [2.75, 3.05) is 18.9 Å². The van der Waals surface area contributed by atoms with Crippen molar-refractivity contribution in [2.24, 2.45) is 10.9 Å². The van der Waals surface area contributed by atoms with Crippen LogP contribution in [0.25, 0.3) is 0 Å². The molecule has 3 atom stereocenters. The zero-order valence-corrected chi connectivity index (χ0v) is 17.4. The van der Waals surface area contributed by atoms with Crippen LogP contribution in [0.15, 0.2) is 40.4 Å². The fourth-order valence-corrected chi connectivity index (χ4v) is 3.93. The summed E-state index contributed by atoms with van der Waals surface area (Å²) in [5.74, 6) is 4.21. The average molecular weight is 460 g/mol. The van der Waals surface area contributed by atoms with Gasteiger partial charge in [-0.25, -0.2) is 18.1 Å². The average Bonchev–Trinajstić information content (AvgIpc) is 2.71. The number of pyridine rings is 1. The summed E-state index contributed by atoms with van der Waals surface area (Å²) in [6.07, 6.45) is -1.42. The van der Waals surface area contributed by atoms with Gasteiger partial charge < -0.3 is 15.9 Å². The Labute approximate surface area is 178 Å². The number of sulfonamides is 1. The molecule has 1 heterocycles. The molecule has 3 unspecified atom stereocenters. The van der Waals surface area contributed by atoms with Crippen molar-refractivity contribution in [1.29, 1.82) is 0 Å². The Balaban J connectivity index is 2.13. The first-order valence-corrected chi connectivity index (χ1v) is 10.7. The number of allylic oxidation sites excluding steroid dienone is 1. The van der Waals surface area contributed by atoms with Gasteiger partial charge in [0.2, 0.25) is 10.0 Å². The largest absolute Gasteiger partial charge is 0.420 e. The molecule has 8 nitrogen and oxygen atoms in total. The molecular weight excluding hydrogens is 437 g/mol. The highest BCUT2D eigenvalue weighted by Gasteiger charge is 2.57. The SMILES string of the molecule is CC#CC(CNS(=O)(=O)c1ccc(N)nc1)N=C1C=CC(C(O)(CO)C(F)(F)F)CC1. The molecule has 0 radical (unpaired) electrons. The smallest absolute Gasteiger partial charge is 0.393 e. The maximum atomic E-state index is 13.1. The number of aliphatic hydroxyl groups excluding tert-OH is 1. The standard InChI is InChI=1S/C19H23F3N4O4S/c1-2-3-15(10-25-31(29,30)16-8-9-17(23)24-11-16)26-14-6-4-13(5-7-14)18(28,12-27)19(20,21)22/h4,6,8-9,11,13,15,25,27-28H,5,7,10,12H2,1H3,(H2,23,24). The molecule has 1 aromatic rings. The van der Waals surface area contributed by atoms with E-state index in [0.717, 1.165) is 12.3 Å². The van der Waals surface area contributed by atoms with Crippen LogP contribution in [0.1, 0.15) is 19.8 Å². The zero-order chi connectivity index (χ0) is 23.3. The monoisotopic (exact) mass is 460 g/mol. The van der Waals surface area contributed by atoms with Crippen molar-refractivity contribution >= 4 is 21.6 Å². The molecule has 12 heteroatoms. The molecule has 0 aromatic carbocycles. The van der Waals surface area contributed by atoms with E-state index in [4.69, 9.17) is 10.8 Å². The summed E-state index contributed by atoms with van der Waals surface area (Å²) >= 11 is 0. The Bertz CT molecular complexity index is 998. The summed E-state index contributed by atoms with van der Waals surface area (Å²) in [6.45, 7) is -0.0792. The van der Waals surface area contributed by atoms with E-state index >= 15 is 0 Å². The molecule has 5 N–H and O–H groups in total. The number of hydrogen-bond donors (Lipinski definition) is 4. The Kier molecular flexibility index (Phi) is 7.82. The number of anilines is 1. The number of nitrogen functional groups attached to an aromatic ring is 1. The van der Waals surface area contributed by atoms with Gasteiger partial charge in [-0.2, -0.15) is 13.2 Å². The number of halogens is 3. The first-order chi connectivity index (χ1) is 14.4. The third kappa shape index (κ3) is 6.04. The number of hydrogen-bond acceptors (Lipinski definition) is 7. The van der Waals surface area contributed by atoms with Crippen LogP contribution in [0.2, 0.25) is 0 Å². The summed E-state index contributed by atoms with van der Waals surface area (Å²) < 4.78 is 66.4. The Morgan fingerprint density at radius 2 is 2.13 bits per heavy atom. The topological polar surface area (TPSA) is 138 Å². The number of aliphatic hydroxyl groups is 2. The van der Waals surface area contributed by atoms with Crippen LogP contribution in [0.5, 0.6) is 0 Å². The van der Waals surface area contributed by atoms with Gasteiger partial charge in [0.15, 0.2) is 5.60 Å². The highest BCUT2D eigenvalue weighted by molar-refractivity contribution is 7.89. The molecule has 0 fully saturated rings. The van der Waals surface area contributed by atoms with Gasteiger partial charge in [-0.1, -0.05) is 12.0 Å². The van der Waals surface area contributed by atoms with E-state index in [1.54, 1.807) is 6.92 Å². The molecule has 0 saturated heterocycles. The number of alkyl halides is 3. The van der Waals surface area contributed by atoms with Gasteiger partial charge in [0.05, 0.1) is 6.61 Å². The fraction of sp³-hybridized carbons (Fsp3) is 0.474. The Morgan fingerprint density at radius 1 is 1.42 bits per heavy atom. The van der Waals surface area contributed by atoms with E-state index in [-0.39, 0.29) is 30.1 Å². The normalized spacial score (nSPS) is 21.2. The van der Waals surface area contributed by atoms with Crippen LogP contribution in [-0.2, 0) is 10.0 Å². The third-order valence-electron chi connectivity index (χ3n) is 4.75. The number of nitrogens with one attached hydrogen (secondary N) is 1. The summed E-state index contributed by atoms with van der Waals surface area (Å²) in [6, 6.07) is 1.86. The van der Waals surface area contributed by atoms with Gasteiger partial charge in [0.1, 0.15) is 16.8 Å². The van der Waals surface area contributed by atoms with Crippen LogP contribution in [0.4, 0.5) is 19.0 Å². The van der Waals surface area contributed by atoms with Crippen LogP contribution >= 0.6 is 0 Å². The maximum Gasteiger partial charge on any atom is 0.420 e. The van der Waals surface area contributed by atoms with Gasteiger partial charge in [0, 0.05) is 24.4 Å². The van der Waals surface area contributed by atoms with E-state index in [2.05, 4.69) is 26.5 Å². The summed E-state index contributed by atoms with van der Waals surface area (Å²) in [5, 5.41) is 18.9. The van der Waals surface area contributed by atoms with E-state index in [0.29, 0.717) is 5.71 Å². The Hall–Kier alpha value is -2.46. The number of aromatic nitrogens is 1. The van der Waals surface area contributed by atoms with Crippen molar-refractivity contribution in [3.63, 3.8) is 0 Å². The first-order valence-electron chi connectivity index (χ1n) is 9.21. The van der Waals surface area contributed by atoms with Gasteiger partial charge in [-0.05, 0) is 38.0 Å². The number of aliphatic imine (C=N–C) groups is 1. The van der Waals surface area contributed by atoms with Gasteiger partial charge in [0.25, 0.3) is 0 Å². The molecule has 170 valence electrons.